The van der Waals surface area contributed by atoms with Crippen LogP contribution in [0.5, 0.6) is 0 Å². The monoisotopic (exact) mass is 281 g/mol. The van der Waals surface area contributed by atoms with Crippen LogP contribution in [0.4, 0.5) is 0 Å². The third kappa shape index (κ3) is 2.71. The third-order valence-corrected chi connectivity index (χ3v) is 5.10. The molecule has 1 atom stereocenters. The Hall–Kier alpha value is -0.650. The van der Waals surface area contributed by atoms with Crippen molar-refractivity contribution in [2.45, 2.75) is 43.7 Å². The molecular weight excluding hydrogens is 254 g/mol. The predicted octanol–water partition coefficient (Wildman–Crippen LogP) is 0.452. The lowest BCUT2D eigenvalue weighted by Gasteiger charge is -2.53. The molecule has 0 bridgehead atoms. The van der Waals surface area contributed by atoms with Crippen molar-refractivity contribution in [2.75, 3.05) is 46.4 Å². The molecule has 20 heavy (non-hydrogen) atoms. The van der Waals surface area contributed by atoms with Gasteiger partial charge in [0, 0.05) is 32.7 Å². The van der Waals surface area contributed by atoms with E-state index in [1.54, 1.807) is 0 Å². The third-order valence-electron chi connectivity index (χ3n) is 5.10. The average Bonchev–Trinajstić information content (AvgIpc) is 2.48. The second-order valence-electron chi connectivity index (χ2n) is 6.58. The van der Waals surface area contributed by atoms with Gasteiger partial charge < -0.3 is 19.9 Å². The number of hydrogen-bond acceptors (Lipinski definition) is 4. The van der Waals surface area contributed by atoms with Crippen LogP contribution in [-0.4, -0.2) is 73.7 Å². The van der Waals surface area contributed by atoms with Gasteiger partial charge in [-0.1, -0.05) is 19.3 Å². The molecule has 3 rings (SSSR count). The van der Waals surface area contributed by atoms with Gasteiger partial charge in [0.05, 0.1) is 12.1 Å². The van der Waals surface area contributed by atoms with Crippen molar-refractivity contribution >= 4 is 5.91 Å². The van der Waals surface area contributed by atoms with Gasteiger partial charge in [0.2, 0.25) is 0 Å². The Kier molecular flexibility index (Phi) is 4.29. The van der Waals surface area contributed by atoms with Gasteiger partial charge >= 0.3 is 0 Å². The van der Waals surface area contributed by atoms with Gasteiger partial charge in [-0.25, -0.2) is 0 Å². The molecule has 0 aromatic carbocycles. The van der Waals surface area contributed by atoms with Gasteiger partial charge in [-0.05, 0) is 19.9 Å². The first-order valence-corrected chi connectivity index (χ1v) is 8.04. The normalized spacial score (nSPS) is 31.4. The second kappa shape index (κ2) is 6.00. The fourth-order valence-corrected chi connectivity index (χ4v) is 4.05. The molecule has 3 aliphatic rings. The Morgan fingerprint density at radius 2 is 2.05 bits per heavy atom. The van der Waals surface area contributed by atoms with E-state index in [2.05, 4.69) is 22.2 Å². The van der Waals surface area contributed by atoms with Crippen molar-refractivity contribution in [3.05, 3.63) is 0 Å². The van der Waals surface area contributed by atoms with Crippen molar-refractivity contribution in [2.24, 2.45) is 0 Å². The Morgan fingerprint density at radius 1 is 1.25 bits per heavy atom. The smallest absolute Gasteiger partial charge is 0.253 e. The summed E-state index contributed by atoms with van der Waals surface area (Å²) in [5.74, 6) is 0.215. The van der Waals surface area contributed by atoms with Crippen LogP contribution in [0.25, 0.3) is 0 Å². The summed E-state index contributed by atoms with van der Waals surface area (Å²) < 4.78 is 5.69. The second-order valence-corrected chi connectivity index (χ2v) is 6.58. The number of piperazine rings is 1. The van der Waals surface area contributed by atoms with E-state index in [4.69, 9.17) is 4.74 Å². The van der Waals surface area contributed by atoms with Crippen LogP contribution in [0.2, 0.25) is 0 Å². The maximum Gasteiger partial charge on any atom is 0.253 e. The van der Waals surface area contributed by atoms with Gasteiger partial charge in [-0.3, -0.25) is 4.79 Å². The molecule has 1 aliphatic carbocycles. The molecule has 1 N–H and O–H groups in total. The summed E-state index contributed by atoms with van der Waals surface area (Å²) in [5.41, 5.74) is 0.0726. The molecule has 2 heterocycles. The van der Waals surface area contributed by atoms with E-state index in [0.717, 1.165) is 39.0 Å². The molecule has 5 heteroatoms. The van der Waals surface area contributed by atoms with E-state index in [1.165, 1.54) is 19.3 Å². The molecule has 2 aliphatic heterocycles. The minimum absolute atomic E-state index is 0.0726. The average molecular weight is 281 g/mol. The first-order valence-electron chi connectivity index (χ1n) is 8.04. The van der Waals surface area contributed by atoms with Gasteiger partial charge in [0.15, 0.2) is 0 Å². The minimum atomic E-state index is -0.272. The molecule has 0 aromatic rings. The molecule has 3 fully saturated rings. The molecule has 114 valence electrons. The fraction of sp³-hybridized carbons (Fsp3) is 0.933. The largest absolute Gasteiger partial charge is 0.366 e. The number of ether oxygens (including phenoxy) is 1. The van der Waals surface area contributed by atoms with Crippen LogP contribution in [0.3, 0.4) is 0 Å². The highest BCUT2D eigenvalue weighted by Crippen LogP contribution is 2.36. The van der Waals surface area contributed by atoms with Crippen LogP contribution in [0.15, 0.2) is 0 Å². The summed E-state index contributed by atoms with van der Waals surface area (Å²) in [6, 6.07) is 0. The minimum Gasteiger partial charge on any atom is -0.366 e. The van der Waals surface area contributed by atoms with Crippen LogP contribution in [0, 0.1) is 0 Å². The molecule has 0 aromatic heterocycles. The SMILES string of the molecule is CN1CCN(C(=O)C2CNCCO2)C2(CCCCC2)C1. The lowest BCUT2D eigenvalue weighted by molar-refractivity contribution is -0.158. The van der Waals surface area contributed by atoms with E-state index in [-0.39, 0.29) is 17.6 Å². The number of amides is 1. The van der Waals surface area contributed by atoms with Crippen molar-refractivity contribution in [1.82, 2.24) is 15.1 Å². The van der Waals surface area contributed by atoms with Crippen molar-refractivity contribution in [3.8, 4) is 0 Å². The Labute approximate surface area is 121 Å². The Morgan fingerprint density at radius 3 is 2.75 bits per heavy atom. The first kappa shape index (κ1) is 14.3. The summed E-state index contributed by atoms with van der Waals surface area (Å²) in [6.07, 6.45) is 5.86. The Balaban J connectivity index is 1.76. The number of carbonyl (C=O) groups is 1. The van der Waals surface area contributed by atoms with Crippen molar-refractivity contribution in [3.63, 3.8) is 0 Å². The zero-order valence-electron chi connectivity index (χ0n) is 12.6. The van der Waals surface area contributed by atoms with E-state index >= 15 is 0 Å². The van der Waals surface area contributed by atoms with Crippen LogP contribution in [-0.2, 0) is 9.53 Å². The number of nitrogens with one attached hydrogen (secondary N) is 1. The fourth-order valence-electron chi connectivity index (χ4n) is 4.05. The van der Waals surface area contributed by atoms with E-state index in [0.29, 0.717) is 13.2 Å². The molecule has 0 radical (unpaired) electrons. The summed E-state index contributed by atoms with van der Waals surface area (Å²) in [5, 5.41) is 3.27. The van der Waals surface area contributed by atoms with Crippen LogP contribution >= 0.6 is 0 Å². The summed E-state index contributed by atoms with van der Waals surface area (Å²) >= 11 is 0. The van der Waals surface area contributed by atoms with E-state index in [1.807, 2.05) is 0 Å². The zero-order chi connectivity index (χ0) is 14.0. The summed E-state index contributed by atoms with van der Waals surface area (Å²) in [6.45, 7) is 5.04. The lowest BCUT2D eigenvalue weighted by Crippen LogP contribution is -2.66. The molecule has 1 spiro atoms. The number of morpholine rings is 1. The highest BCUT2D eigenvalue weighted by molar-refractivity contribution is 5.82. The van der Waals surface area contributed by atoms with Crippen LogP contribution in [0.1, 0.15) is 32.1 Å². The number of carbonyl (C=O) groups excluding carboxylic acids is 1. The first-order chi connectivity index (χ1) is 9.71. The standard InChI is InChI=1S/C15H27N3O2/c1-17-8-9-18(14(19)13-11-16-7-10-20-13)15(12-17)5-3-2-4-6-15/h13,16H,2-12H2,1H3. The zero-order valence-corrected chi connectivity index (χ0v) is 12.6. The number of hydrogen-bond donors (Lipinski definition) is 1. The number of likely N-dealkylation sites (N-methyl/N-ethyl adjacent to an activating group) is 1. The topological polar surface area (TPSA) is 44.8 Å². The maximum atomic E-state index is 12.9. The van der Waals surface area contributed by atoms with Crippen molar-refractivity contribution in [1.29, 1.82) is 0 Å². The molecule has 1 amide bonds. The van der Waals surface area contributed by atoms with E-state index in [9.17, 15) is 4.79 Å². The number of nitrogens with zero attached hydrogens (tertiary/aromatic N) is 2. The lowest BCUT2D eigenvalue weighted by atomic mass is 9.78. The molecule has 2 saturated heterocycles. The summed E-state index contributed by atoms with van der Waals surface area (Å²) in [4.78, 5) is 17.4. The summed E-state index contributed by atoms with van der Waals surface area (Å²) in [7, 11) is 2.18. The Bertz CT molecular complexity index is 349. The van der Waals surface area contributed by atoms with E-state index < -0.39 is 0 Å². The molecule has 5 nitrogen and oxygen atoms in total. The highest BCUT2D eigenvalue weighted by Gasteiger charge is 2.45. The quantitative estimate of drug-likeness (QED) is 0.758. The van der Waals surface area contributed by atoms with Gasteiger partial charge in [0.1, 0.15) is 6.10 Å². The van der Waals surface area contributed by atoms with Gasteiger partial charge in [-0.15, -0.1) is 0 Å². The molecule has 1 unspecified atom stereocenters. The van der Waals surface area contributed by atoms with Gasteiger partial charge in [-0.2, -0.15) is 0 Å². The predicted molar refractivity (Wildman–Crippen MR) is 77.6 cm³/mol. The maximum absolute atomic E-state index is 12.9. The van der Waals surface area contributed by atoms with Gasteiger partial charge in [0.25, 0.3) is 5.91 Å². The molecule has 1 saturated carbocycles. The molecular formula is C15H27N3O2. The van der Waals surface area contributed by atoms with Crippen LogP contribution < -0.4 is 5.32 Å². The van der Waals surface area contributed by atoms with Crippen molar-refractivity contribution < 1.29 is 9.53 Å². The highest BCUT2D eigenvalue weighted by atomic mass is 16.5. The number of rotatable bonds is 1.